The lowest BCUT2D eigenvalue weighted by atomic mass is 10.2. The van der Waals surface area contributed by atoms with Crippen molar-refractivity contribution in [1.82, 2.24) is 0 Å². The summed E-state index contributed by atoms with van der Waals surface area (Å²) in [6.45, 7) is 2.15. The number of nitrogens with one attached hydrogen (secondary N) is 1. The number of carbonyl (C=O) groups excluding carboxylic acids is 2. The van der Waals surface area contributed by atoms with Crippen LogP contribution in [0.25, 0.3) is 0 Å². The van der Waals surface area contributed by atoms with Gasteiger partial charge in [0.25, 0.3) is 5.91 Å². The molecule has 0 aromatic heterocycles. The second-order valence-corrected chi connectivity index (χ2v) is 6.27. The van der Waals surface area contributed by atoms with Gasteiger partial charge in [-0.25, -0.2) is 4.79 Å². The van der Waals surface area contributed by atoms with Crippen molar-refractivity contribution >= 4 is 29.3 Å². The molecule has 1 amide bonds. The first-order valence-corrected chi connectivity index (χ1v) is 9.12. The summed E-state index contributed by atoms with van der Waals surface area (Å²) in [6, 6.07) is 14.5. The summed E-state index contributed by atoms with van der Waals surface area (Å²) in [7, 11) is 1.56. The summed E-state index contributed by atoms with van der Waals surface area (Å²) < 4.78 is 9.94. The number of hydrogen-bond acceptors (Lipinski definition) is 5. The van der Waals surface area contributed by atoms with Crippen molar-refractivity contribution < 1.29 is 19.1 Å². The molecule has 5 nitrogen and oxygen atoms in total. The molecule has 2 rings (SSSR count). The minimum Gasteiger partial charge on any atom is -0.497 e. The van der Waals surface area contributed by atoms with E-state index in [9.17, 15) is 9.59 Å². The standard InChI is InChI=1S/C20H21NO4S/c1-3-25-19(22)8-5-13-26-18-11-9-16(10-12-18)21-20(23)15-6-4-7-17(14-15)24-2/h4-12,14H,3,13H2,1-2H3,(H,21,23)/b8-5+. The number of benzene rings is 2. The molecule has 0 fully saturated rings. The summed E-state index contributed by atoms with van der Waals surface area (Å²) in [6.07, 6.45) is 3.19. The van der Waals surface area contributed by atoms with Gasteiger partial charge in [0, 0.05) is 28.0 Å². The number of methoxy groups -OCH3 is 1. The number of ether oxygens (including phenoxy) is 2. The molecule has 0 aliphatic carbocycles. The molecule has 2 aromatic carbocycles. The number of carbonyl (C=O) groups is 2. The molecule has 0 heterocycles. The van der Waals surface area contributed by atoms with Crippen LogP contribution in [-0.4, -0.2) is 31.3 Å². The Labute approximate surface area is 157 Å². The molecule has 0 atom stereocenters. The van der Waals surface area contributed by atoms with Gasteiger partial charge in [-0.1, -0.05) is 12.1 Å². The van der Waals surface area contributed by atoms with E-state index >= 15 is 0 Å². The lowest BCUT2D eigenvalue weighted by Crippen LogP contribution is -2.11. The fourth-order valence-corrected chi connectivity index (χ4v) is 2.79. The molecule has 1 N–H and O–H groups in total. The van der Waals surface area contributed by atoms with Crippen LogP contribution in [0.4, 0.5) is 5.69 Å². The third kappa shape index (κ3) is 6.29. The number of rotatable bonds is 8. The van der Waals surface area contributed by atoms with Crippen LogP contribution in [0.2, 0.25) is 0 Å². The van der Waals surface area contributed by atoms with Gasteiger partial charge in [0.2, 0.25) is 0 Å². The molecule has 136 valence electrons. The third-order valence-corrected chi connectivity index (χ3v) is 4.30. The molecule has 26 heavy (non-hydrogen) atoms. The highest BCUT2D eigenvalue weighted by molar-refractivity contribution is 7.99. The Hall–Kier alpha value is -2.73. The average Bonchev–Trinajstić information content (AvgIpc) is 2.66. The predicted molar refractivity (Wildman–Crippen MR) is 104 cm³/mol. The zero-order valence-electron chi connectivity index (χ0n) is 14.7. The molecule has 0 unspecified atom stereocenters. The van der Waals surface area contributed by atoms with Gasteiger partial charge >= 0.3 is 5.97 Å². The summed E-state index contributed by atoms with van der Waals surface area (Å²) in [5, 5.41) is 2.85. The first-order valence-electron chi connectivity index (χ1n) is 8.14. The largest absolute Gasteiger partial charge is 0.497 e. The zero-order chi connectivity index (χ0) is 18.8. The van der Waals surface area contributed by atoms with E-state index in [4.69, 9.17) is 9.47 Å². The zero-order valence-corrected chi connectivity index (χ0v) is 15.5. The van der Waals surface area contributed by atoms with Crippen LogP contribution in [0.1, 0.15) is 17.3 Å². The maximum atomic E-state index is 12.3. The first kappa shape index (κ1) is 19.6. The summed E-state index contributed by atoms with van der Waals surface area (Å²) in [4.78, 5) is 24.5. The van der Waals surface area contributed by atoms with Crippen LogP contribution < -0.4 is 10.1 Å². The van der Waals surface area contributed by atoms with Crippen LogP contribution >= 0.6 is 11.8 Å². The maximum absolute atomic E-state index is 12.3. The summed E-state index contributed by atoms with van der Waals surface area (Å²) in [5.41, 5.74) is 1.25. The lowest BCUT2D eigenvalue weighted by molar-refractivity contribution is -0.137. The molecule has 0 bridgehead atoms. The normalized spacial score (nSPS) is 10.5. The highest BCUT2D eigenvalue weighted by atomic mass is 32.2. The average molecular weight is 371 g/mol. The fourth-order valence-electron chi connectivity index (χ4n) is 2.08. The van der Waals surface area contributed by atoms with Crippen molar-refractivity contribution in [2.24, 2.45) is 0 Å². The van der Waals surface area contributed by atoms with Crippen molar-refractivity contribution in [2.75, 3.05) is 24.8 Å². The van der Waals surface area contributed by atoms with Crippen LogP contribution in [0, 0.1) is 0 Å². The number of thioether (sulfide) groups is 1. The monoisotopic (exact) mass is 371 g/mol. The van der Waals surface area contributed by atoms with Crippen molar-refractivity contribution in [2.45, 2.75) is 11.8 Å². The van der Waals surface area contributed by atoms with Gasteiger partial charge in [0.15, 0.2) is 0 Å². The van der Waals surface area contributed by atoms with E-state index in [1.54, 1.807) is 56.1 Å². The van der Waals surface area contributed by atoms with E-state index in [2.05, 4.69) is 5.32 Å². The van der Waals surface area contributed by atoms with Gasteiger partial charge in [0.05, 0.1) is 13.7 Å². The van der Waals surface area contributed by atoms with Gasteiger partial charge in [-0.05, 0) is 49.4 Å². The van der Waals surface area contributed by atoms with Gasteiger partial charge in [-0.2, -0.15) is 0 Å². The number of esters is 1. The SMILES string of the molecule is CCOC(=O)/C=C/CSc1ccc(NC(=O)c2cccc(OC)c2)cc1. The molecule has 2 aromatic rings. The van der Waals surface area contributed by atoms with E-state index in [1.165, 1.54) is 6.08 Å². The quantitative estimate of drug-likeness (QED) is 0.429. The fraction of sp³-hybridized carbons (Fsp3) is 0.200. The van der Waals surface area contributed by atoms with Crippen molar-refractivity contribution in [1.29, 1.82) is 0 Å². The van der Waals surface area contributed by atoms with Crippen molar-refractivity contribution in [3.63, 3.8) is 0 Å². The Morgan fingerprint density at radius 3 is 2.62 bits per heavy atom. The molecule has 0 radical (unpaired) electrons. The van der Waals surface area contributed by atoms with E-state index < -0.39 is 0 Å². The first-order chi connectivity index (χ1) is 12.6. The predicted octanol–water partition coefficient (Wildman–Crippen LogP) is 4.16. The number of anilines is 1. The van der Waals surface area contributed by atoms with Gasteiger partial charge < -0.3 is 14.8 Å². The van der Waals surface area contributed by atoms with Crippen LogP contribution in [0.15, 0.2) is 65.6 Å². The van der Waals surface area contributed by atoms with Crippen LogP contribution in [0.3, 0.4) is 0 Å². The second-order valence-electron chi connectivity index (χ2n) is 5.18. The van der Waals surface area contributed by atoms with Crippen molar-refractivity contribution in [3.05, 3.63) is 66.2 Å². The lowest BCUT2D eigenvalue weighted by Gasteiger charge is -2.07. The molecule has 0 spiro atoms. The van der Waals surface area contributed by atoms with Gasteiger partial charge in [0.1, 0.15) is 5.75 Å². The topological polar surface area (TPSA) is 64.6 Å². The van der Waals surface area contributed by atoms with E-state index in [1.807, 2.05) is 24.3 Å². The third-order valence-electron chi connectivity index (χ3n) is 3.33. The van der Waals surface area contributed by atoms with E-state index in [-0.39, 0.29) is 11.9 Å². The smallest absolute Gasteiger partial charge is 0.330 e. The Balaban J connectivity index is 1.86. The molecule has 0 saturated carbocycles. The molecular weight excluding hydrogens is 350 g/mol. The van der Waals surface area contributed by atoms with Gasteiger partial charge in [-0.3, -0.25) is 4.79 Å². The highest BCUT2D eigenvalue weighted by Gasteiger charge is 2.07. The summed E-state index contributed by atoms with van der Waals surface area (Å²) >= 11 is 1.59. The minimum atomic E-state index is -0.330. The van der Waals surface area contributed by atoms with E-state index in [0.717, 1.165) is 4.90 Å². The molecule has 0 aliphatic heterocycles. The Bertz CT molecular complexity index is 772. The highest BCUT2D eigenvalue weighted by Crippen LogP contribution is 2.21. The minimum absolute atomic E-state index is 0.193. The Morgan fingerprint density at radius 1 is 1.15 bits per heavy atom. The Morgan fingerprint density at radius 2 is 1.92 bits per heavy atom. The summed E-state index contributed by atoms with van der Waals surface area (Å²) in [5.74, 6) is 0.777. The molecule has 0 saturated heterocycles. The van der Waals surface area contributed by atoms with E-state index in [0.29, 0.717) is 29.4 Å². The van der Waals surface area contributed by atoms with Crippen LogP contribution in [0.5, 0.6) is 5.75 Å². The number of amides is 1. The second kappa shape index (κ2) is 10.3. The molecule has 6 heteroatoms. The maximum Gasteiger partial charge on any atom is 0.330 e. The Kier molecular flexibility index (Phi) is 7.76. The van der Waals surface area contributed by atoms with Gasteiger partial charge in [-0.15, -0.1) is 11.8 Å². The van der Waals surface area contributed by atoms with Crippen molar-refractivity contribution in [3.8, 4) is 5.75 Å². The molecule has 0 aliphatic rings. The molecular formula is C20H21NO4S. The number of hydrogen-bond donors (Lipinski definition) is 1. The van der Waals surface area contributed by atoms with Crippen LogP contribution in [-0.2, 0) is 9.53 Å².